The fourth-order valence-corrected chi connectivity index (χ4v) is 4.55. The van der Waals surface area contributed by atoms with Crippen molar-refractivity contribution in [2.24, 2.45) is 0 Å². The largest absolute Gasteiger partial charge is 0.369 e. The van der Waals surface area contributed by atoms with Crippen molar-refractivity contribution in [1.82, 2.24) is 30.2 Å². The van der Waals surface area contributed by atoms with Gasteiger partial charge in [-0.2, -0.15) is 12.6 Å². The second kappa shape index (κ2) is 10.4. The van der Waals surface area contributed by atoms with Crippen LogP contribution in [-0.2, 0) is 5.41 Å². The molecule has 3 heterocycles. The van der Waals surface area contributed by atoms with Crippen LogP contribution < -0.4 is 10.6 Å². The van der Waals surface area contributed by atoms with E-state index in [2.05, 4.69) is 55.5 Å². The third-order valence-electron chi connectivity index (χ3n) is 6.55. The first-order chi connectivity index (χ1) is 16.9. The highest BCUT2D eigenvalue weighted by molar-refractivity contribution is 7.81. The van der Waals surface area contributed by atoms with E-state index in [1.165, 1.54) is 6.33 Å². The zero-order valence-corrected chi connectivity index (χ0v) is 21.2. The molecule has 0 radical (unpaired) electrons. The van der Waals surface area contributed by atoms with Gasteiger partial charge in [-0.15, -0.1) is 0 Å². The molecule has 0 aliphatic carbocycles. The average Bonchev–Trinajstić information content (AvgIpc) is 2.90. The molecule has 4 aromatic rings. The molecule has 2 atom stereocenters. The summed E-state index contributed by atoms with van der Waals surface area (Å²) in [5, 5.41) is 6.89. The second-order valence-corrected chi connectivity index (χ2v) is 9.24. The molecule has 1 amide bonds. The summed E-state index contributed by atoms with van der Waals surface area (Å²) in [7, 11) is 1.63. The molecule has 1 aromatic carbocycles. The van der Waals surface area contributed by atoms with Crippen LogP contribution in [0.25, 0.3) is 22.2 Å². The second-order valence-electron chi connectivity index (χ2n) is 8.61. The summed E-state index contributed by atoms with van der Waals surface area (Å²) in [6.45, 7) is 6.74. The minimum Gasteiger partial charge on any atom is -0.369 e. The number of rotatable bonds is 8. The van der Waals surface area contributed by atoms with E-state index in [0.29, 0.717) is 23.8 Å². The summed E-state index contributed by atoms with van der Waals surface area (Å²) in [5.41, 5.74) is 3.75. The number of carbonyl (C=O) groups excluding carboxylic acids is 1. The number of aromatic nitrogens is 5. The van der Waals surface area contributed by atoms with Gasteiger partial charge in [0.15, 0.2) is 0 Å². The fourth-order valence-electron chi connectivity index (χ4n) is 4.14. The van der Waals surface area contributed by atoms with Crippen molar-refractivity contribution >= 4 is 35.3 Å². The molecular weight excluding hydrogens is 458 g/mol. The molecule has 0 aliphatic rings. The molecule has 3 aromatic heterocycles. The lowest BCUT2D eigenvalue weighted by atomic mass is 9.75. The van der Waals surface area contributed by atoms with Gasteiger partial charge in [0.25, 0.3) is 5.91 Å². The number of pyridine rings is 1. The van der Waals surface area contributed by atoms with Crippen LogP contribution in [0.4, 0.5) is 5.82 Å². The van der Waals surface area contributed by atoms with E-state index in [-0.39, 0.29) is 16.6 Å². The van der Waals surface area contributed by atoms with Gasteiger partial charge in [-0.3, -0.25) is 9.78 Å². The fraction of sp³-hybridized carbons (Fsp3) is 0.308. The zero-order chi connectivity index (χ0) is 25.0. The lowest BCUT2D eigenvalue weighted by Gasteiger charge is -2.35. The number of amides is 1. The Morgan fingerprint density at radius 1 is 1.11 bits per heavy atom. The number of carbonyl (C=O) groups is 1. The third-order valence-corrected chi connectivity index (χ3v) is 7.30. The number of benzene rings is 1. The number of fused-ring (bicyclic) bond motifs is 1. The molecule has 0 saturated carbocycles. The Kier molecular flexibility index (Phi) is 7.25. The SMILES string of the molecule is CC[C@@](C)(c1cccc2c(C(=O)NC)ccnc12)C(S)CNc1cc(-c2cnc(C)nc2)ncn1. The van der Waals surface area contributed by atoms with E-state index in [1.54, 1.807) is 31.7 Å². The van der Waals surface area contributed by atoms with Crippen molar-refractivity contribution in [2.75, 3.05) is 18.9 Å². The molecule has 9 heteroatoms. The number of nitrogens with one attached hydrogen (secondary N) is 2. The van der Waals surface area contributed by atoms with Gasteiger partial charge in [0.05, 0.1) is 16.8 Å². The minimum atomic E-state index is -0.315. The van der Waals surface area contributed by atoms with Gasteiger partial charge in [0.2, 0.25) is 0 Å². The standard InChI is InChI=1S/C26H29N7OS/c1-5-26(3,20-8-6-7-18-19(25(34)27-4)9-10-28-24(18)20)22(35)14-31-23-11-21(32-15-33-23)17-12-29-16(2)30-13-17/h6-13,15,22,35H,5,14H2,1-4H3,(H,27,34)(H,31,32,33)/t22?,26-/m0/s1. The lowest BCUT2D eigenvalue weighted by Crippen LogP contribution is -2.37. The molecular formula is C26H29N7OS. The van der Waals surface area contributed by atoms with E-state index in [9.17, 15) is 4.79 Å². The summed E-state index contributed by atoms with van der Waals surface area (Å²) < 4.78 is 0. The molecule has 0 fully saturated rings. The van der Waals surface area contributed by atoms with Gasteiger partial charge in [0.1, 0.15) is 18.0 Å². The summed E-state index contributed by atoms with van der Waals surface area (Å²) in [6, 6.07) is 9.63. The highest BCUT2D eigenvalue weighted by Gasteiger charge is 2.34. The average molecular weight is 488 g/mol. The first-order valence-electron chi connectivity index (χ1n) is 11.5. The number of nitrogens with zero attached hydrogens (tertiary/aromatic N) is 5. The van der Waals surface area contributed by atoms with Crippen molar-refractivity contribution in [3.8, 4) is 11.3 Å². The van der Waals surface area contributed by atoms with Crippen LogP contribution in [-0.4, -0.2) is 49.7 Å². The molecule has 0 bridgehead atoms. The molecule has 2 N–H and O–H groups in total. The van der Waals surface area contributed by atoms with Crippen LogP contribution in [0.5, 0.6) is 0 Å². The Hall–Kier alpha value is -3.59. The van der Waals surface area contributed by atoms with Crippen molar-refractivity contribution in [2.45, 2.75) is 37.9 Å². The number of anilines is 1. The topological polar surface area (TPSA) is 106 Å². The van der Waals surface area contributed by atoms with Crippen molar-refractivity contribution < 1.29 is 4.79 Å². The van der Waals surface area contributed by atoms with E-state index in [0.717, 1.165) is 34.1 Å². The zero-order valence-electron chi connectivity index (χ0n) is 20.3. The van der Waals surface area contributed by atoms with Crippen LogP contribution in [0, 0.1) is 6.92 Å². The highest BCUT2D eigenvalue weighted by Crippen LogP contribution is 2.38. The molecule has 180 valence electrons. The van der Waals surface area contributed by atoms with E-state index in [1.807, 2.05) is 25.1 Å². The van der Waals surface area contributed by atoms with Gasteiger partial charge < -0.3 is 10.6 Å². The Morgan fingerprint density at radius 3 is 2.60 bits per heavy atom. The van der Waals surface area contributed by atoms with Gasteiger partial charge in [-0.05, 0) is 25.0 Å². The number of hydrogen-bond acceptors (Lipinski definition) is 8. The Morgan fingerprint density at radius 2 is 1.89 bits per heavy atom. The number of aryl methyl sites for hydroxylation is 1. The number of para-hydroxylation sites is 1. The van der Waals surface area contributed by atoms with Gasteiger partial charge in [-0.1, -0.05) is 32.0 Å². The summed E-state index contributed by atoms with van der Waals surface area (Å²) in [6.07, 6.45) is 7.56. The van der Waals surface area contributed by atoms with E-state index >= 15 is 0 Å². The maximum absolute atomic E-state index is 12.4. The van der Waals surface area contributed by atoms with Gasteiger partial charge in [0, 0.05) is 59.9 Å². The van der Waals surface area contributed by atoms with Gasteiger partial charge >= 0.3 is 0 Å². The normalized spacial score (nSPS) is 13.7. The summed E-state index contributed by atoms with van der Waals surface area (Å²) in [5.74, 6) is 1.28. The molecule has 8 nitrogen and oxygen atoms in total. The Labute approximate surface area is 210 Å². The van der Waals surface area contributed by atoms with E-state index < -0.39 is 0 Å². The van der Waals surface area contributed by atoms with Crippen molar-refractivity contribution in [1.29, 1.82) is 0 Å². The van der Waals surface area contributed by atoms with Gasteiger partial charge in [-0.25, -0.2) is 19.9 Å². The lowest BCUT2D eigenvalue weighted by molar-refractivity contribution is 0.0964. The van der Waals surface area contributed by atoms with Crippen LogP contribution in [0.1, 0.15) is 42.0 Å². The van der Waals surface area contributed by atoms with Crippen LogP contribution in [0.3, 0.4) is 0 Å². The maximum Gasteiger partial charge on any atom is 0.251 e. The molecule has 0 aliphatic heterocycles. The predicted molar refractivity (Wildman–Crippen MR) is 142 cm³/mol. The first kappa shape index (κ1) is 24.5. The first-order valence-corrected chi connectivity index (χ1v) is 12.0. The maximum atomic E-state index is 12.4. The molecule has 35 heavy (non-hydrogen) atoms. The summed E-state index contributed by atoms with van der Waals surface area (Å²) >= 11 is 5.02. The third kappa shape index (κ3) is 4.95. The van der Waals surface area contributed by atoms with Crippen LogP contribution in [0.2, 0.25) is 0 Å². The highest BCUT2D eigenvalue weighted by atomic mass is 32.1. The predicted octanol–water partition coefficient (Wildman–Crippen LogP) is 4.23. The van der Waals surface area contributed by atoms with Crippen LogP contribution in [0.15, 0.2) is 55.2 Å². The minimum absolute atomic E-state index is 0.0651. The van der Waals surface area contributed by atoms with Crippen LogP contribution >= 0.6 is 12.6 Å². The quantitative estimate of drug-likeness (QED) is 0.319. The van der Waals surface area contributed by atoms with Crippen molar-refractivity contribution in [3.63, 3.8) is 0 Å². The molecule has 1 unspecified atom stereocenters. The Balaban J connectivity index is 1.60. The molecule has 0 spiro atoms. The van der Waals surface area contributed by atoms with E-state index in [4.69, 9.17) is 12.6 Å². The summed E-state index contributed by atoms with van der Waals surface area (Å²) in [4.78, 5) is 34.3. The Bertz CT molecular complexity index is 1350. The molecule has 4 rings (SSSR count). The number of thiol groups is 1. The molecule has 0 saturated heterocycles. The monoisotopic (exact) mass is 487 g/mol. The van der Waals surface area contributed by atoms with Crippen molar-refractivity contribution in [3.05, 3.63) is 72.2 Å². The smallest absolute Gasteiger partial charge is 0.251 e. The number of hydrogen-bond donors (Lipinski definition) is 3.